The molecule has 7 heteroatoms. The third-order valence-electron chi connectivity index (χ3n) is 3.03. The van der Waals surface area contributed by atoms with Crippen LogP contribution in [0.2, 0.25) is 0 Å². The Morgan fingerprint density at radius 3 is 3.06 bits per heavy atom. The molecule has 0 aliphatic carbocycles. The zero-order valence-electron chi connectivity index (χ0n) is 10.1. The van der Waals surface area contributed by atoms with Crippen molar-refractivity contribution in [2.75, 3.05) is 13.6 Å². The Balaban J connectivity index is 2.15. The highest BCUT2D eigenvalue weighted by molar-refractivity contribution is 7.89. The molecule has 1 aliphatic heterocycles. The monoisotopic (exact) mass is 258 g/mol. The number of fused-ring (bicyclic) bond motifs is 1. The number of imidazole rings is 1. The van der Waals surface area contributed by atoms with E-state index in [4.69, 9.17) is 0 Å². The molecule has 2 heterocycles. The van der Waals surface area contributed by atoms with Gasteiger partial charge in [0.05, 0.1) is 6.20 Å². The van der Waals surface area contributed by atoms with Gasteiger partial charge in [-0.05, 0) is 20.4 Å². The standard InChI is InChI=1S/C10H18N4O2S/c1-8(11-2)6-13-17(15,16)10-7-12-9-4-3-5-14(9)10/h7-8,11,13H,3-6H2,1-2H3. The van der Waals surface area contributed by atoms with E-state index in [9.17, 15) is 8.42 Å². The van der Waals surface area contributed by atoms with Gasteiger partial charge in [0.2, 0.25) is 0 Å². The van der Waals surface area contributed by atoms with E-state index in [0.717, 1.165) is 25.2 Å². The molecule has 0 radical (unpaired) electrons. The molecule has 0 spiro atoms. The molecule has 0 aromatic carbocycles. The third-order valence-corrected chi connectivity index (χ3v) is 4.45. The summed E-state index contributed by atoms with van der Waals surface area (Å²) in [7, 11) is -1.64. The molecule has 1 unspecified atom stereocenters. The summed E-state index contributed by atoms with van der Waals surface area (Å²) in [5, 5.41) is 3.27. The van der Waals surface area contributed by atoms with Crippen molar-refractivity contribution in [2.45, 2.75) is 37.4 Å². The van der Waals surface area contributed by atoms with E-state index in [1.54, 1.807) is 11.6 Å². The zero-order valence-corrected chi connectivity index (χ0v) is 10.9. The maximum absolute atomic E-state index is 12.1. The lowest BCUT2D eigenvalue weighted by Gasteiger charge is -2.12. The van der Waals surface area contributed by atoms with E-state index >= 15 is 0 Å². The lowest BCUT2D eigenvalue weighted by molar-refractivity contribution is 0.543. The van der Waals surface area contributed by atoms with Crippen LogP contribution in [0.25, 0.3) is 0 Å². The topological polar surface area (TPSA) is 76.0 Å². The molecule has 0 saturated heterocycles. The van der Waals surface area contributed by atoms with E-state index in [1.165, 1.54) is 6.20 Å². The molecule has 2 N–H and O–H groups in total. The van der Waals surface area contributed by atoms with Crippen LogP contribution in [0.5, 0.6) is 0 Å². The van der Waals surface area contributed by atoms with Crippen molar-refractivity contribution in [1.29, 1.82) is 0 Å². The Hall–Kier alpha value is -0.920. The van der Waals surface area contributed by atoms with E-state index in [2.05, 4.69) is 15.0 Å². The van der Waals surface area contributed by atoms with Crippen molar-refractivity contribution >= 4 is 10.0 Å². The van der Waals surface area contributed by atoms with Crippen molar-refractivity contribution in [2.24, 2.45) is 0 Å². The van der Waals surface area contributed by atoms with Gasteiger partial charge in [-0.15, -0.1) is 0 Å². The maximum Gasteiger partial charge on any atom is 0.257 e. The average Bonchev–Trinajstić information content (AvgIpc) is 2.87. The van der Waals surface area contributed by atoms with Crippen molar-refractivity contribution in [3.63, 3.8) is 0 Å². The number of sulfonamides is 1. The van der Waals surface area contributed by atoms with Crippen LogP contribution in [0.3, 0.4) is 0 Å². The molecule has 1 atom stereocenters. The van der Waals surface area contributed by atoms with Crippen LogP contribution in [0.15, 0.2) is 11.2 Å². The molecule has 6 nitrogen and oxygen atoms in total. The highest BCUT2D eigenvalue weighted by atomic mass is 32.2. The first kappa shape index (κ1) is 12.5. The van der Waals surface area contributed by atoms with Gasteiger partial charge in [0.25, 0.3) is 10.0 Å². The molecule has 2 rings (SSSR count). The summed E-state index contributed by atoms with van der Waals surface area (Å²) in [5.41, 5.74) is 0. The molecular weight excluding hydrogens is 240 g/mol. The van der Waals surface area contributed by atoms with E-state index < -0.39 is 10.0 Å². The summed E-state index contributed by atoms with van der Waals surface area (Å²) >= 11 is 0. The number of aromatic nitrogens is 2. The number of hydrogen-bond acceptors (Lipinski definition) is 4. The van der Waals surface area contributed by atoms with Gasteiger partial charge in [0.1, 0.15) is 5.82 Å². The van der Waals surface area contributed by atoms with Crippen molar-refractivity contribution in [3.05, 3.63) is 12.0 Å². The summed E-state index contributed by atoms with van der Waals surface area (Å²) in [5.74, 6) is 0.868. The van der Waals surface area contributed by atoms with E-state index in [0.29, 0.717) is 6.54 Å². The normalized spacial score (nSPS) is 17.1. The fourth-order valence-corrected chi connectivity index (χ4v) is 3.15. The number of nitrogens with one attached hydrogen (secondary N) is 2. The first-order valence-corrected chi connectivity index (χ1v) is 7.24. The number of likely N-dealkylation sites (N-methyl/N-ethyl adjacent to an activating group) is 1. The largest absolute Gasteiger partial charge is 0.318 e. The molecule has 1 aliphatic rings. The zero-order chi connectivity index (χ0) is 12.5. The van der Waals surface area contributed by atoms with Crippen LogP contribution in [-0.4, -0.2) is 37.6 Å². The summed E-state index contributed by atoms with van der Waals surface area (Å²) in [4.78, 5) is 4.14. The van der Waals surface area contributed by atoms with Gasteiger partial charge in [0, 0.05) is 25.6 Å². The molecule has 17 heavy (non-hydrogen) atoms. The summed E-state index contributed by atoms with van der Waals surface area (Å²) in [6.07, 6.45) is 3.28. The van der Waals surface area contributed by atoms with Crippen LogP contribution < -0.4 is 10.0 Å². The molecule has 0 bridgehead atoms. The number of nitrogens with zero attached hydrogens (tertiary/aromatic N) is 2. The van der Waals surface area contributed by atoms with Gasteiger partial charge in [-0.1, -0.05) is 0 Å². The lowest BCUT2D eigenvalue weighted by atomic mass is 10.4. The quantitative estimate of drug-likeness (QED) is 0.761. The Morgan fingerprint density at radius 1 is 1.59 bits per heavy atom. The van der Waals surface area contributed by atoms with Crippen molar-refractivity contribution < 1.29 is 8.42 Å². The molecule has 96 valence electrons. The first-order valence-electron chi connectivity index (χ1n) is 5.76. The lowest BCUT2D eigenvalue weighted by Crippen LogP contribution is -2.37. The minimum absolute atomic E-state index is 0.103. The number of rotatable bonds is 5. The van der Waals surface area contributed by atoms with Gasteiger partial charge in [-0.2, -0.15) is 0 Å². The van der Waals surface area contributed by atoms with Crippen LogP contribution in [0.1, 0.15) is 19.2 Å². The fourth-order valence-electron chi connectivity index (χ4n) is 1.86. The first-order chi connectivity index (χ1) is 8.04. The highest BCUT2D eigenvalue weighted by Gasteiger charge is 2.24. The Bertz CT molecular complexity index is 494. The van der Waals surface area contributed by atoms with Gasteiger partial charge in [0.15, 0.2) is 5.03 Å². The maximum atomic E-state index is 12.1. The van der Waals surface area contributed by atoms with Crippen LogP contribution in [0.4, 0.5) is 0 Å². The van der Waals surface area contributed by atoms with Crippen LogP contribution in [-0.2, 0) is 23.0 Å². The second-order valence-electron chi connectivity index (χ2n) is 4.31. The smallest absolute Gasteiger partial charge is 0.257 e. The minimum atomic E-state index is -3.44. The highest BCUT2D eigenvalue weighted by Crippen LogP contribution is 2.19. The summed E-state index contributed by atoms with van der Waals surface area (Å²) in [6.45, 7) is 3.04. The summed E-state index contributed by atoms with van der Waals surface area (Å²) < 4.78 is 28.5. The predicted octanol–water partition coefficient (Wildman–Crippen LogP) is -0.284. The van der Waals surface area contributed by atoms with Gasteiger partial charge >= 0.3 is 0 Å². The molecule has 1 aromatic rings. The number of hydrogen-bond donors (Lipinski definition) is 2. The molecule has 0 amide bonds. The van der Waals surface area contributed by atoms with Crippen LogP contribution >= 0.6 is 0 Å². The van der Waals surface area contributed by atoms with Crippen molar-refractivity contribution in [3.8, 4) is 0 Å². The Labute approximate surface area is 101 Å². The molecule has 0 saturated carbocycles. The minimum Gasteiger partial charge on any atom is -0.318 e. The summed E-state index contributed by atoms with van der Waals surface area (Å²) in [6, 6.07) is 0.103. The average molecular weight is 258 g/mol. The Kier molecular flexibility index (Phi) is 3.50. The van der Waals surface area contributed by atoms with Gasteiger partial charge in [-0.3, -0.25) is 0 Å². The SMILES string of the molecule is CNC(C)CNS(=O)(=O)c1cnc2n1CCC2. The predicted molar refractivity (Wildman–Crippen MR) is 64.3 cm³/mol. The number of aryl methyl sites for hydroxylation is 1. The van der Waals surface area contributed by atoms with Crippen molar-refractivity contribution in [1.82, 2.24) is 19.6 Å². The van der Waals surface area contributed by atoms with E-state index in [-0.39, 0.29) is 11.1 Å². The Morgan fingerprint density at radius 2 is 2.35 bits per heavy atom. The molecule has 1 aromatic heterocycles. The van der Waals surface area contributed by atoms with E-state index in [1.807, 2.05) is 6.92 Å². The third kappa shape index (κ3) is 2.51. The second kappa shape index (κ2) is 4.75. The fraction of sp³-hybridized carbons (Fsp3) is 0.700. The molecule has 0 fully saturated rings. The second-order valence-corrected chi connectivity index (χ2v) is 6.02. The van der Waals surface area contributed by atoms with Gasteiger partial charge < -0.3 is 9.88 Å². The van der Waals surface area contributed by atoms with Gasteiger partial charge in [-0.25, -0.2) is 18.1 Å². The molecular formula is C10H18N4O2S. The van der Waals surface area contributed by atoms with Crippen LogP contribution in [0, 0.1) is 0 Å².